The molecule has 0 aromatic heterocycles. The van der Waals surface area contributed by atoms with Gasteiger partial charge in [0, 0.05) is 13.1 Å². The number of carbonyl (C=O) groups is 2. The van der Waals surface area contributed by atoms with E-state index < -0.39 is 17.8 Å². The number of rotatable bonds is 9. The normalized spacial score (nSPS) is 13.2. The molecule has 1 N–H and O–H groups in total. The standard InChI is InChI=1S/C26H36N2O4/c1-7-16-31-25(30)28(17-21-14-11-13-20-12-9-10-15-22(20)21)18-23(19(3)8-2)27-24(29)32-26(4,5)6/h7,9-15,19,23H,1,8,16-18H2,2-6H3,(H,27,29)/t19-,23+/m0/s1. The van der Waals surface area contributed by atoms with Crippen LogP contribution in [0.25, 0.3) is 10.8 Å². The zero-order chi connectivity index (χ0) is 23.7. The summed E-state index contributed by atoms with van der Waals surface area (Å²) in [6.45, 7) is 14.0. The maximum atomic E-state index is 12.9. The maximum absolute atomic E-state index is 12.9. The van der Waals surface area contributed by atoms with Crippen LogP contribution < -0.4 is 5.32 Å². The van der Waals surface area contributed by atoms with Crippen molar-refractivity contribution in [2.45, 2.75) is 59.2 Å². The lowest BCUT2D eigenvalue weighted by Gasteiger charge is -2.32. The summed E-state index contributed by atoms with van der Waals surface area (Å²) in [5, 5.41) is 5.14. The van der Waals surface area contributed by atoms with Gasteiger partial charge in [-0.15, -0.1) is 0 Å². The van der Waals surface area contributed by atoms with Gasteiger partial charge in [0.1, 0.15) is 12.2 Å². The summed E-state index contributed by atoms with van der Waals surface area (Å²) >= 11 is 0. The van der Waals surface area contributed by atoms with Crippen LogP contribution >= 0.6 is 0 Å². The molecule has 0 saturated heterocycles. The first-order chi connectivity index (χ1) is 15.1. The largest absolute Gasteiger partial charge is 0.445 e. The Bertz CT molecular complexity index is 914. The fourth-order valence-corrected chi connectivity index (χ4v) is 3.41. The first-order valence-electron chi connectivity index (χ1n) is 11.1. The van der Waals surface area contributed by atoms with Crippen LogP contribution in [0.15, 0.2) is 55.1 Å². The zero-order valence-corrected chi connectivity index (χ0v) is 19.9. The SMILES string of the molecule is C=CCOC(=O)N(Cc1cccc2ccccc12)C[C@@H](NC(=O)OC(C)(C)C)[C@@H](C)CC. The number of nitrogens with one attached hydrogen (secondary N) is 1. The van der Waals surface area contributed by atoms with Crippen LogP contribution in [0.1, 0.15) is 46.6 Å². The highest BCUT2D eigenvalue weighted by Crippen LogP contribution is 2.21. The van der Waals surface area contributed by atoms with E-state index in [1.807, 2.05) is 70.2 Å². The van der Waals surface area contributed by atoms with Gasteiger partial charge in [0.25, 0.3) is 0 Å². The molecule has 0 saturated carbocycles. The van der Waals surface area contributed by atoms with Crippen LogP contribution in [0.4, 0.5) is 9.59 Å². The van der Waals surface area contributed by atoms with Gasteiger partial charge < -0.3 is 19.7 Å². The Kier molecular flexibility index (Phi) is 9.12. The molecule has 6 heteroatoms. The number of alkyl carbamates (subject to hydrolysis) is 1. The highest BCUT2D eigenvalue weighted by atomic mass is 16.6. The van der Waals surface area contributed by atoms with Crippen molar-refractivity contribution in [2.75, 3.05) is 13.2 Å². The summed E-state index contributed by atoms with van der Waals surface area (Å²) in [4.78, 5) is 27.0. The molecule has 0 radical (unpaired) electrons. The minimum atomic E-state index is -0.602. The van der Waals surface area contributed by atoms with E-state index in [1.165, 1.54) is 0 Å². The van der Waals surface area contributed by atoms with E-state index in [1.54, 1.807) is 11.0 Å². The molecule has 0 aliphatic rings. The Balaban J connectivity index is 2.29. The van der Waals surface area contributed by atoms with E-state index in [4.69, 9.17) is 9.47 Å². The minimum Gasteiger partial charge on any atom is -0.445 e. The first-order valence-corrected chi connectivity index (χ1v) is 11.1. The molecule has 32 heavy (non-hydrogen) atoms. The second-order valence-electron chi connectivity index (χ2n) is 9.02. The maximum Gasteiger partial charge on any atom is 0.410 e. The van der Waals surface area contributed by atoms with Crippen molar-refractivity contribution in [2.24, 2.45) is 5.92 Å². The summed E-state index contributed by atoms with van der Waals surface area (Å²) in [7, 11) is 0. The number of carbonyl (C=O) groups excluding carboxylic acids is 2. The van der Waals surface area contributed by atoms with E-state index in [-0.39, 0.29) is 18.6 Å². The molecule has 2 aromatic rings. The van der Waals surface area contributed by atoms with Crippen LogP contribution in [0.3, 0.4) is 0 Å². The van der Waals surface area contributed by atoms with Crippen molar-refractivity contribution in [1.29, 1.82) is 0 Å². The minimum absolute atomic E-state index is 0.123. The third kappa shape index (κ3) is 7.59. The monoisotopic (exact) mass is 440 g/mol. The molecule has 0 unspecified atom stereocenters. The molecular formula is C26H36N2O4. The molecule has 0 aliphatic carbocycles. The van der Waals surface area contributed by atoms with Gasteiger partial charge >= 0.3 is 12.2 Å². The topological polar surface area (TPSA) is 67.9 Å². The third-order valence-corrected chi connectivity index (χ3v) is 5.27. The summed E-state index contributed by atoms with van der Waals surface area (Å²) in [6.07, 6.45) is 1.44. The molecule has 2 atom stereocenters. The number of fused-ring (bicyclic) bond motifs is 1. The Morgan fingerprint density at radius 3 is 2.50 bits per heavy atom. The van der Waals surface area contributed by atoms with Crippen molar-refractivity contribution in [3.05, 3.63) is 60.7 Å². The second-order valence-corrected chi connectivity index (χ2v) is 9.02. The molecule has 0 aliphatic heterocycles. The number of benzene rings is 2. The van der Waals surface area contributed by atoms with Crippen molar-refractivity contribution < 1.29 is 19.1 Å². The van der Waals surface area contributed by atoms with E-state index >= 15 is 0 Å². The molecule has 6 nitrogen and oxygen atoms in total. The van der Waals surface area contributed by atoms with Crippen molar-refractivity contribution in [1.82, 2.24) is 10.2 Å². The molecule has 0 bridgehead atoms. The number of hydrogen-bond donors (Lipinski definition) is 1. The van der Waals surface area contributed by atoms with Gasteiger partial charge in [0.05, 0.1) is 6.04 Å². The fourth-order valence-electron chi connectivity index (χ4n) is 3.41. The lowest BCUT2D eigenvalue weighted by atomic mass is 9.98. The van der Waals surface area contributed by atoms with Gasteiger partial charge in [-0.05, 0) is 43.0 Å². The van der Waals surface area contributed by atoms with E-state index in [0.717, 1.165) is 22.8 Å². The number of nitrogens with zero attached hydrogens (tertiary/aromatic N) is 1. The van der Waals surface area contributed by atoms with Gasteiger partial charge in [-0.3, -0.25) is 0 Å². The fraction of sp³-hybridized carbons (Fsp3) is 0.462. The van der Waals surface area contributed by atoms with E-state index in [2.05, 4.69) is 18.8 Å². The molecule has 2 rings (SSSR count). The van der Waals surface area contributed by atoms with Gasteiger partial charge in [0.2, 0.25) is 0 Å². The summed E-state index contributed by atoms with van der Waals surface area (Å²) in [5.41, 5.74) is 0.411. The molecule has 0 heterocycles. The number of ether oxygens (including phenoxy) is 2. The Hall–Kier alpha value is -3.02. The Labute approximate surface area is 191 Å². The lowest BCUT2D eigenvalue weighted by molar-refractivity contribution is 0.0458. The van der Waals surface area contributed by atoms with E-state index in [0.29, 0.717) is 13.1 Å². The van der Waals surface area contributed by atoms with Gasteiger partial charge in [-0.1, -0.05) is 75.4 Å². The van der Waals surface area contributed by atoms with Crippen molar-refractivity contribution in [3.63, 3.8) is 0 Å². The average Bonchev–Trinajstić information content (AvgIpc) is 2.74. The van der Waals surface area contributed by atoms with Crippen LogP contribution in [0.2, 0.25) is 0 Å². The molecule has 0 fully saturated rings. The summed E-state index contributed by atoms with van der Waals surface area (Å²) in [6, 6.07) is 13.8. The summed E-state index contributed by atoms with van der Waals surface area (Å²) < 4.78 is 10.8. The Morgan fingerprint density at radius 2 is 1.84 bits per heavy atom. The number of amides is 2. The molecule has 0 spiro atoms. The van der Waals surface area contributed by atoms with Crippen molar-refractivity contribution in [3.8, 4) is 0 Å². The Morgan fingerprint density at radius 1 is 1.16 bits per heavy atom. The van der Waals surface area contributed by atoms with Crippen molar-refractivity contribution >= 4 is 23.0 Å². The molecule has 2 amide bonds. The predicted octanol–water partition coefficient (Wildman–Crippen LogP) is 5.90. The van der Waals surface area contributed by atoms with Crippen LogP contribution in [0, 0.1) is 5.92 Å². The lowest BCUT2D eigenvalue weighted by Crippen LogP contribution is -2.50. The first kappa shape index (κ1) is 25.2. The predicted molar refractivity (Wildman–Crippen MR) is 129 cm³/mol. The van der Waals surface area contributed by atoms with Crippen LogP contribution in [0.5, 0.6) is 0 Å². The molecular weight excluding hydrogens is 404 g/mol. The molecule has 174 valence electrons. The van der Waals surface area contributed by atoms with Gasteiger partial charge in [-0.25, -0.2) is 9.59 Å². The van der Waals surface area contributed by atoms with Gasteiger partial charge in [0.15, 0.2) is 0 Å². The van der Waals surface area contributed by atoms with Crippen LogP contribution in [-0.2, 0) is 16.0 Å². The molecule has 2 aromatic carbocycles. The second kappa shape index (κ2) is 11.6. The van der Waals surface area contributed by atoms with E-state index in [9.17, 15) is 9.59 Å². The van der Waals surface area contributed by atoms with Crippen LogP contribution in [-0.4, -0.2) is 41.9 Å². The zero-order valence-electron chi connectivity index (χ0n) is 19.9. The number of hydrogen-bond acceptors (Lipinski definition) is 4. The average molecular weight is 441 g/mol. The smallest absolute Gasteiger partial charge is 0.410 e. The highest BCUT2D eigenvalue weighted by Gasteiger charge is 2.27. The third-order valence-electron chi connectivity index (χ3n) is 5.27. The quantitative estimate of drug-likeness (QED) is 0.493. The van der Waals surface area contributed by atoms with Gasteiger partial charge in [-0.2, -0.15) is 0 Å². The highest BCUT2D eigenvalue weighted by molar-refractivity contribution is 5.86. The summed E-state index contributed by atoms with van der Waals surface area (Å²) in [5.74, 6) is 0.129.